The van der Waals surface area contributed by atoms with Crippen molar-refractivity contribution in [2.24, 2.45) is 5.92 Å². The molecule has 2 aromatic rings. The van der Waals surface area contributed by atoms with Gasteiger partial charge in [-0.15, -0.1) is 0 Å². The Labute approximate surface area is 153 Å². The van der Waals surface area contributed by atoms with Crippen LogP contribution in [0.4, 0.5) is 0 Å². The van der Waals surface area contributed by atoms with E-state index in [0.29, 0.717) is 6.42 Å². The van der Waals surface area contributed by atoms with Gasteiger partial charge < -0.3 is 15.7 Å². The van der Waals surface area contributed by atoms with Gasteiger partial charge in [0.05, 0.1) is 12.7 Å². The third-order valence-corrected chi connectivity index (χ3v) is 3.17. The largest absolute Gasteiger partial charge is 0.374 e. The van der Waals surface area contributed by atoms with Gasteiger partial charge in [-0.2, -0.15) is 0 Å². The van der Waals surface area contributed by atoms with Crippen LogP contribution in [0.5, 0.6) is 0 Å². The van der Waals surface area contributed by atoms with Gasteiger partial charge in [0.25, 0.3) is 5.91 Å². The number of amides is 2. The van der Waals surface area contributed by atoms with Gasteiger partial charge in [0.15, 0.2) is 0 Å². The second-order valence-electron chi connectivity index (χ2n) is 6.14. The average Bonchev–Trinajstić information content (AvgIpc) is 2.61. The second kappa shape index (κ2) is 11.7. The molecule has 1 aromatic heterocycles. The highest BCUT2D eigenvalue weighted by Gasteiger charge is 2.12. The van der Waals surface area contributed by atoms with Crippen molar-refractivity contribution in [2.45, 2.75) is 33.4 Å². The molecule has 26 heavy (non-hydrogen) atoms. The molecule has 1 heterocycles. The Balaban J connectivity index is 0.000000401. The zero-order chi connectivity index (χ0) is 19.4. The number of nitrogens with one attached hydrogen (secondary N) is 2. The van der Waals surface area contributed by atoms with Gasteiger partial charge in [0.1, 0.15) is 11.9 Å². The number of hydrogen-bond acceptors (Lipinski definition) is 5. The number of carbonyl (C=O) groups is 2. The molecule has 2 amide bonds. The maximum Gasteiger partial charge on any atom is 0.271 e. The SMILES string of the molecule is CC(C)C[C@@H](O)NC(=O)CNC(=O)c1cnccn1.Cc1ccccc1. The molecule has 0 unspecified atom stereocenters. The number of aliphatic hydroxyl groups excluding tert-OH is 1. The summed E-state index contributed by atoms with van der Waals surface area (Å²) in [6, 6.07) is 10.3. The fraction of sp³-hybridized carbons (Fsp3) is 0.368. The summed E-state index contributed by atoms with van der Waals surface area (Å²) in [4.78, 5) is 30.6. The number of aromatic nitrogens is 2. The van der Waals surface area contributed by atoms with Crippen molar-refractivity contribution in [3.8, 4) is 0 Å². The predicted octanol–water partition coefficient (Wildman–Crippen LogP) is 1.68. The van der Waals surface area contributed by atoms with E-state index in [1.165, 1.54) is 24.2 Å². The molecule has 0 aliphatic carbocycles. The number of carbonyl (C=O) groups excluding carboxylic acids is 2. The molecule has 0 saturated carbocycles. The van der Waals surface area contributed by atoms with Crippen LogP contribution in [-0.2, 0) is 4.79 Å². The molecule has 0 radical (unpaired) electrons. The lowest BCUT2D eigenvalue weighted by molar-refractivity contribution is -0.123. The minimum Gasteiger partial charge on any atom is -0.374 e. The number of aryl methyl sites for hydroxylation is 1. The van der Waals surface area contributed by atoms with Crippen molar-refractivity contribution in [3.05, 3.63) is 60.2 Å². The smallest absolute Gasteiger partial charge is 0.271 e. The first-order chi connectivity index (χ1) is 12.4. The van der Waals surface area contributed by atoms with E-state index in [1.807, 2.05) is 32.0 Å². The Morgan fingerprint density at radius 2 is 1.85 bits per heavy atom. The van der Waals surface area contributed by atoms with Crippen LogP contribution in [0.1, 0.15) is 36.3 Å². The molecular formula is C19H26N4O3. The van der Waals surface area contributed by atoms with Gasteiger partial charge in [0, 0.05) is 12.4 Å². The Morgan fingerprint density at radius 1 is 1.15 bits per heavy atom. The minimum atomic E-state index is -0.902. The van der Waals surface area contributed by atoms with Crippen LogP contribution in [0.3, 0.4) is 0 Å². The van der Waals surface area contributed by atoms with E-state index < -0.39 is 18.0 Å². The standard InChI is InChI=1S/C12H18N4O3.C7H8/c1-8(2)5-10(17)16-11(18)7-15-12(19)9-6-13-3-4-14-9;1-7-5-3-2-4-6-7/h3-4,6,8,10,17H,5,7H2,1-2H3,(H,15,19)(H,16,18);2-6H,1H3/t10-;/m1./s1. The van der Waals surface area contributed by atoms with E-state index in [0.717, 1.165) is 0 Å². The van der Waals surface area contributed by atoms with Crippen molar-refractivity contribution >= 4 is 11.8 Å². The van der Waals surface area contributed by atoms with E-state index in [2.05, 4.69) is 39.7 Å². The van der Waals surface area contributed by atoms with Crippen LogP contribution in [0.2, 0.25) is 0 Å². The summed E-state index contributed by atoms with van der Waals surface area (Å²) in [5.74, 6) is -0.670. The summed E-state index contributed by atoms with van der Waals surface area (Å²) < 4.78 is 0. The third kappa shape index (κ3) is 9.48. The molecule has 7 heteroatoms. The topological polar surface area (TPSA) is 104 Å². The molecule has 1 aromatic carbocycles. The molecule has 140 valence electrons. The highest BCUT2D eigenvalue weighted by atomic mass is 16.3. The van der Waals surface area contributed by atoms with Crippen LogP contribution in [0.15, 0.2) is 48.9 Å². The number of aliphatic hydroxyl groups is 1. The molecule has 0 saturated heterocycles. The van der Waals surface area contributed by atoms with Crippen molar-refractivity contribution in [2.75, 3.05) is 6.54 Å². The number of hydrogen-bond donors (Lipinski definition) is 3. The van der Waals surface area contributed by atoms with Crippen LogP contribution in [0.25, 0.3) is 0 Å². The van der Waals surface area contributed by atoms with Gasteiger partial charge in [-0.25, -0.2) is 4.98 Å². The maximum atomic E-state index is 11.6. The summed E-state index contributed by atoms with van der Waals surface area (Å²) in [6.07, 6.45) is 3.71. The van der Waals surface area contributed by atoms with Crippen molar-refractivity contribution in [3.63, 3.8) is 0 Å². The first-order valence-electron chi connectivity index (χ1n) is 8.41. The Bertz CT molecular complexity index is 663. The molecule has 3 N–H and O–H groups in total. The van der Waals surface area contributed by atoms with Crippen LogP contribution >= 0.6 is 0 Å². The number of benzene rings is 1. The lowest BCUT2D eigenvalue weighted by Crippen LogP contribution is -2.42. The third-order valence-electron chi connectivity index (χ3n) is 3.17. The average molecular weight is 358 g/mol. The first kappa shape index (κ1) is 21.2. The summed E-state index contributed by atoms with van der Waals surface area (Å²) in [5, 5.41) is 14.3. The van der Waals surface area contributed by atoms with Gasteiger partial charge in [-0.05, 0) is 19.3 Å². The molecule has 1 atom stereocenters. The first-order valence-corrected chi connectivity index (χ1v) is 8.41. The van der Waals surface area contributed by atoms with Gasteiger partial charge >= 0.3 is 0 Å². The lowest BCUT2D eigenvalue weighted by Gasteiger charge is -2.14. The van der Waals surface area contributed by atoms with E-state index in [9.17, 15) is 14.7 Å². The predicted molar refractivity (Wildman–Crippen MR) is 99.1 cm³/mol. The van der Waals surface area contributed by atoms with Crippen molar-refractivity contribution in [1.82, 2.24) is 20.6 Å². The van der Waals surface area contributed by atoms with Crippen LogP contribution in [-0.4, -0.2) is 39.7 Å². The van der Waals surface area contributed by atoms with Gasteiger partial charge in [-0.1, -0.05) is 49.7 Å². The minimum absolute atomic E-state index is 0.137. The van der Waals surface area contributed by atoms with Gasteiger partial charge in [0.2, 0.25) is 5.91 Å². The number of rotatable bonds is 6. The Kier molecular flexibility index (Phi) is 9.56. The highest BCUT2D eigenvalue weighted by molar-refractivity contribution is 5.94. The van der Waals surface area contributed by atoms with Gasteiger partial charge in [-0.3, -0.25) is 14.6 Å². The summed E-state index contributed by atoms with van der Waals surface area (Å²) in [5.41, 5.74) is 1.46. The molecule has 2 rings (SSSR count). The normalized spacial score (nSPS) is 11.1. The monoisotopic (exact) mass is 358 g/mol. The molecule has 7 nitrogen and oxygen atoms in total. The fourth-order valence-corrected chi connectivity index (χ4v) is 1.94. The van der Waals surface area contributed by atoms with E-state index in [-0.39, 0.29) is 18.2 Å². The second-order valence-corrected chi connectivity index (χ2v) is 6.14. The summed E-state index contributed by atoms with van der Waals surface area (Å²) in [7, 11) is 0. The zero-order valence-corrected chi connectivity index (χ0v) is 15.3. The Hall–Kier alpha value is -2.80. The number of nitrogens with zero attached hydrogens (tertiary/aromatic N) is 2. The summed E-state index contributed by atoms with van der Waals surface area (Å²) >= 11 is 0. The van der Waals surface area contributed by atoms with Crippen LogP contribution in [0, 0.1) is 12.8 Å². The molecule has 0 aliphatic rings. The van der Waals surface area contributed by atoms with E-state index >= 15 is 0 Å². The van der Waals surface area contributed by atoms with E-state index in [4.69, 9.17) is 0 Å². The molecular weight excluding hydrogens is 332 g/mol. The highest BCUT2D eigenvalue weighted by Crippen LogP contribution is 2.01. The lowest BCUT2D eigenvalue weighted by atomic mass is 10.1. The van der Waals surface area contributed by atoms with Crippen molar-refractivity contribution < 1.29 is 14.7 Å². The Morgan fingerprint density at radius 3 is 2.35 bits per heavy atom. The quantitative estimate of drug-likeness (QED) is 0.682. The maximum absolute atomic E-state index is 11.6. The van der Waals surface area contributed by atoms with Crippen LogP contribution < -0.4 is 10.6 Å². The molecule has 0 bridgehead atoms. The van der Waals surface area contributed by atoms with E-state index in [1.54, 1.807) is 0 Å². The summed E-state index contributed by atoms with van der Waals surface area (Å²) in [6.45, 7) is 5.74. The molecule has 0 aliphatic heterocycles. The molecule has 0 spiro atoms. The molecule has 0 fully saturated rings. The van der Waals surface area contributed by atoms with Crippen molar-refractivity contribution in [1.29, 1.82) is 0 Å². The zero-order valence-electron chi connectivity index (χ0n) is 15.3. The fourth-order valence-electron chi connectivity index (χ4n) is 1.94.